The number of nitrogens with zero attached hydrogens (tertiary/aromatic N) is 2. The predicted molar refractivity (Wildman–Crippen MR) is 28.4 cm³/mol. The molecule has 9 heavy (non-hydrogen) atoms. The monoisotopic (exact) mass is 152 g/mol. The lowest BCUT2D eigenvalue weighted by Crippen LogP contribution is -1.85. The zero-order valence-electron chi connectivity index (χ0n) is 4.26. The predicted octanol–water partition coefficient (Wildman–Crippen LogP) is 1.82. The first-order valence-electron chi connectivity index (χ1n) is 2.20. The molecule has 0 aliphatic carbocycles. The Morgan fingerprint density at radius 2 is 2.33 bits per heavy atom. The van der Waals surface area contributed by atoms with E-state index in [1.165, 1.54) is 6.20 Å². The molecule has 0 unspecified atom stereocenters. The Labute approximate surface area is 55.1 Å². The summed E-state index contributed by atoms with van der Waals surface area (Å²) in [6.45, 7) is 0. The molecule has 2 nitrogen and oxygen atoms in total. The van der Waals surface area contributed by atoms with Crippen molar-refractivity contribution in [2.45, 2.75) is 6.43 Å². The average molecular weight is 153 g/mol. The molecule has 0 N–H and O–H groups in total. The second-order valence-corrected chi connectivity index (χ2v) is 1.78. The second-order valence-electron chi connectivity index (χ2n) is 1.43. The van der Waals surface area contributed by atoms with Gasteiger partial charge < -0.3 is 0 Å². The summed E-state index contributed by atoms with van der Waals surface area (Å²) >= 11 is 5.18. The Kier molecular flexibility index (Phi) is 1.66. The maximum absolute atomic E-state index is 11.6. The van der Waals surface area contributed by atoms with E-state index in [2.05, 4.69) is 5.10 Å². The van der Waals surface area contributed by atoms with Gasteiger partial charge in [0.05, 0.1) is 0 Å². The van der Waals surface area contributed by atoms with Crippen molar-refractivity contribution in [1.29, 1.82) is 0 Å². The van der Waals surface area contributed by atoms with Gasteiger partial charge in [-0.25, -0.2) is 8.78 Å². The smallest absolute Gasteiger partial charge is 0.203 e. The van der Waals surface area contributed by atoms with Gasteiger partial charge in [-0.3, -0.25) is 0 Å². The van der Waals surface area contributed by atoms with Crippen LogP contribution >= 0.6 is 11.8 Å². The summed E-state index contributed by atoms with van der Waals surface area (Å²) in [4.78, 5) is 0. The van der Waals surface area contributed by atoms with Gasteiger partial charge in [0, 0.05) is 18.0 Å². The molecule has 0 spiro atoms. The fourth-order valence-electron chi connectivity index (χ4n) is 0.431. The molecule has 1 rings (SSSR count). The summed E-state index contributed by atoms with van der Waals surface area (Å²) < 4.78 is 24.1. The van der Waals surface area contributed by atoms with Gasteiger partial charge in [-0.1, -0.05) is 0 Å². The lowest BCUT2D eigenvalue weighted by molar-refractivity contribution is 0.145. The van der Waals surface area contributed by atoms with Gasteiger partial charge in [-0.2, -0.15) is 9.30 Å². The van der Waals surface area contributed by atoms with Crippen molar-refractivity contribution in [3.05, 3.63) is 18.0 Å². The standard InChI is InChI=1S/C4H3ClF2N2/c5-9-2-1-3(8-9)4(6)7/h1-2,4H. The van der Waals surface area contributed by atoms with Crippen molar-refractivity contribution in [3.8, 4) is 0 Å². The molecule has 0 aliphatic heterocycles. The van der Waals surface area contributed by atoms with E-state index < -0.39 is 6.43 Å². The third-order valence-corrected chi connectivity index (χ3v) is 0.991. The molecule has 50 valence electrons. The largest absolute Gasteiger partial charge is 0.282 e. The van der Waals surface area contributed by atoms with Gasteiger partial charge >= 0.3 is 0 Å². The molecule has 0 amide bonds. The third kappa shape index (κ3) is 1.38. The normalized spacial score (nSPS) is 10.7. The van der Waals surface area contributed by atoms with Crippen LogP contribution in [-0.2, 0) is 0 Å². The van der Waals surface area contributed by atoms with Crippen LogP contribution in [0.3, 0.4) is 0 Å². The third-order valence-electron chi connectivity index (χ3n) is 0.803. The van der Waals surface area contributed by atoms with Crippen LogP contribution < -0.4 is 0 Å². The van der Waals surface area contributed by atoms with E-state index in [1.807, 2.05) is 0 Å². The van der Waals surface area contributed by atoms with Gasteiger partial charge in [0.1, 0.15) is 5.69 Å². The molecular formula is C4H3ClF2N2. The van der Waals surface area contributed by atoms with Gasteiger partial charge in [-0.05, 0) is 6.07 Å². The first-order valence-corrected chi connectivity index (χ1v) is 2.54. The Morgan fingerprint density at radius 3 is 2.56 bits per heavy atom. The van der Waals surface area contributed by atoms with E-state index in [4.69, 9.17) is 11.8 Å². The van der Waals surface area contributed by atoms with E-state index in [0.29, 0.717) is 0 Å². The maximum atomic E-state index is 11.6. The van der Waals surface area contributed by atoms with Crippen molar-refractivity contribution in [2.24, 2.45) is 0 Å². The second kappa shape index (κ2) is 2.31. The zero-order chi connectivity index (χ0) is 6.85. The van der Waals surface area contributed by atoms with Crippen LogP contribution in [0.4, 0.5) is 8.78 Å². The van der Waals surface area contributed by atoms with Gasteiger partial charge in [0.2, 0.25) is 0 Å². The van der Waals surface area contributed by atoms with Crippen molar-refractivity contribution in [3.63, 3.8) is 0 Å². The SMILES string of the molecule is FC(F)c1ccn(Cl)n1. The highest BCUT2D eigenvalue weighted by Gasteiger charge is 2.08. The van der Waals surface area contributed by atoms with Crippen molar-refractivity contribution in [1.82, 2.24) is 9.30 Å². The quantitative estimate of drug-likeness (QED) is 0.600. The number of halogens is 3. The minimum Gasteiger partial charge on any atom is -0.203 e. The Morgan fingerprint density at radius 1 is 1.67 bits per heavy atom. The summed E-state index contributed by atoms with van der Waals surface area (Å²) in [6.07, 6.45) is -1.28. The fraction of sp³-hybridized carbons (Fsp3) is 0.250. The number of rotatable bonds is 1. The summed E-state index contributed by atoms with van der Waals surface area (Å²) in [5.74, 6) is 0. The molecule has 0 bridgehead atoms. The van der Waals surface area contributed by atoms with Crippen LogP contribution in [0.5, 0.6) is 0 Å². The summed E-state index contributed by atoms with van der Waals surface area (Å²) in [6, 6.07) is 1.16. The van der Waals surface area contributed by atoms with E-state index in [9.17, 15) is 8.78 Å². The molecule has 0 aromatic carbocycles. The number of hydrogen-bond donors (Lipinski definition) is 0. The molecule has 1 heterocycles. The van der Waals surface area contributed by atoms with Crippen molar-refractivity contribution in [2.75, 3.05) is 0 Å². The van der Waals surface area contributed by atoms with E-state index in [-0.39, 0.29) is 5.69 Å². The fourth-order valence-corrected chi connectivity index (χ4v) is 0.575. The van der Waals surface area contributed by atoms with Crippen LogP contribution in [0, 0.1) is 0 Å². The van der Waals surface area contributed by atoms with Crippen LogP contribution in [0.25, 0.3) is 0 Å². The maximum Gasteiger partial charge on any atom is 0.282 e. The van der Waals surface area contributed by atoms with Crippen LogP contribution in [0.15, 0.2) is 12.3 Å². The van der Waals surface area contributed by atoms with E-state index >= 15 is 0 Å². The summed E-state index contributed by atoms with van der Waals surface area (Å²) in [7, 11) is 0. The molecule has 0 radical (unpaired) electrons. The highest BCUT2D eigenvalue weighted by Crippen LogP contribution is 2.15. The first-order chi connectivity index (χ1) is 4.20. The molecule has 0 saturated carbocycles. The molecule has 0 aliphatic rings. The lowest BCUT2D eigenvalue weighted by atomic mass is 10.5. The van der Waals surface area contributed by atoms with E-state index in [0.717, 1.165) is 10.3 Å². The minimum atomic E-state index is -2.54. The number of aromatic nitrogens is 2. The van der Waals surface area contributed by atoms with E-state index in [1.54, 1.807) is 0 Å². The van der Waals surface area contributed by atoms with Crippen molar-refractivity contribution >= 4 is 11.8 Å². The molecule has 1 aromatic rings. The van der Waals surface area contributed by atoms with Crippen LogP contribution in [0.2, 0.25) is 0 Å². The van der Waals surface area contributed by atoms with Gasteiger partial charge in [-0.15, -0.1) is 0 Å². The van der Waals surface area contributed by atoms with Crippen LogP contribution in [-0.4, -0.2) is 9.30 Å². The number of hydrogen-bond acceptors (Lipinski definition) is 1. The highest BCUT2D eigenvalue weighted by atomic mass is 35.5. The zero-order valence-corrected chi connectivity index (χ0v) is 5.02. The molecular weight excluding hydrogens is 150 g/mol. The molecule has 0 saturated heterocycles. The van der Waals surface area contributed by atoms with Gasteiger partial charge in [0.15, 0.2) is 0 Å². The average Bonchev–Trinajstić information content (AvgIpc) is 2.14. The Bertz CT molecular complexity index is 198. The molecule has 0 fully saturated rings. The Balaban J connectivity index is 2.85. The topological polar surface area (TPSA) is 17.8 Å². The molecule has 5 heteroatoms. The van der Waals surface area contributed by atoms with Crippen LogP contribution in [0.1, 0.15) is 12.1 Å². The summed E-state index contributed by atoms with van der Waals surface area (Å²) in [5, 5.41) is 3.24. The highest BCUT2D eigenvalue weighted by molar-refractivity contribution is 6.14. The van der Waals surface area contributed by atoms with Crippen molar-refractivity contribution < 1.29 is 8.78 Å². The Hall–Kier alpha value is -0.640. The molecule has 1 aromatic heterocycles. The summed E-state index contributed by atoms with van der Waals surface area (Å²) in [5.41, 5.74) is -0.301. The minimum absolute atomic E-state index is 0.301. The van der Waals surface area contributed by atoms with Gasteiger partial charge in [0.25, 0.3) is 6.43 Å². The lowest BCUT2D eigenvalue weighted by Gasteiger charge is -1.87. The molecule has 0 atom stereocenters. The number of alkyl halides is 2. The first kappa shape index (κ1) is 6.48.